The Hall–Kier alpha value is -2.88. The van der Waals surface area contributed by atoms with Crippen molar-refractivity contribution in [3.8, 4) is 0 Å². The molecule has 0 saturated carbocycles. The standard InChI is InChI=1S/C36H54O4/c1-26(2)14-10-16-28(5)18-12-19-30(7)22-23-32-24-31(21-13-20-29(6)17-11-15-27(3)4)25-33(35(37)39-8)34(32)36(38)40-9/h14-15,18,20,24,32H,7,10-13,16-17,19,21-23,25H2,1-6,8-9H3/b28-18+,29-20+. The molecule has 0 heterocycles. The second-order valence-corrected chi connectivity index (χ2v) is 11.6. The summed E-state index contributed by atoms with van der Waals surface area (Å²) in [4.78, 5) is 25.6. The highest BCUT2D eigenvalue weighted by Crippen LogP contribution is 2.36. The molecule has 1 unspecified atom stereocenters. The Morgan fingerprint density at radius 1 is 0.775 bits per heavy atom. The average Bonchev–Trinajstić information content (AvgIpc) is 2.90. The van der Waals surface area contributed by atoms with E-state index in [1.807, 2.05) is 0 Å². The molecule has 0 bridgehead atoms. The van der Waals surface area contributed by atoms with Crippen molar-refractivity contribution in [2.45, 2.75) is 112 Å². The maximum absolute atomic E-state index is 12.8. The summed E-state index contributed by atoms with van der Waals surface area (Å²) in [6.45, 7) is 17.2. The zero-order valence-electron chi connectivity index (χ0n) is 26.6. The molecule has 0 spiro atoms. The lowest BCUT2D eigenvalue weighted by molar-refractivity contribution is -0.139. The molecule has 0 saturated heterocycles. The molecule has 0 aromatic heterocycles. The molecular weight excluding hydrogens is 496 g/mol. The number of esters is 2. The molecule has 1 aliphatic carbocycles. The molecule has 0 N–H and O–H groups in total. The maximum atomic E-state index is 12.8. The predicted molar refractivity (Wildman–Crippen MR) is 169 cm³/mol. The molecule has 222 valence electrons. The number of methoxy groups -OCH3 is 2. The van der Waals surface area contributed by atoms with Crippen molar-refractivity contribution < 1.29 is 19.1 Å². The van der Waals surface area contributed by atoms with E-state index in [4.69, 9.17) is 9.47 Å². The van der Waals surface area contributed by atoms with Crippen LogP contribution in [0.25, 0.3) is 0 Å². The van der Waals surface area contributed by atoms with Crippen molar-refractivity contribution in [1.29, 1.82) is 0 Å². The first kappa shape index (κ1) is 35.1. The lowest BCUT2D eigenvalue weighted by atomic mass is 9.79. The summed E-state index contributed by atoms with van der Waals surface area (Å²) < 4.78 is 10.2. The minimum atomic E-state index is -0.448. The average molecular weight is 551 g/mol. The van der Waals surface area contributed by atoms with Crippen molar-refractivity contribution in [2.24, 2.45) is 5.92 Å². The molecule has 0 fully saturated rings. The van der Waals surface area contributed by atoms with E-state index in [0.717, 1.165) is 63.4 Å². The Labute approximate surface area is 244 Å². The van der Waals surface area contributed by atoms with Crippen LogP contribution in [0.5, 0.6) is 0 Å². The number of carbonyl (C=O) groups is 2. The van der Waals surface area contributed by atoms with Gasteiger partial charge in [-0.2, -0.15) is 0 Å². The van der Waals surface area contributed by atoms with Crippen molar-refractivity contribution >= 4 is 11.9 Å². The van der Waals surface area contributed by atoms with Gasteiger partial charge in [0.2, 0.25) is 0 Å². The lowest BCUT2D eigenvalue weighted by Gasteiger charge is -2.26. The first-order valence-electron chi connectivity index (χ1n) is 14.8. The fraction of sp³-hybridized carbons (Fsp3) is 0.556. The number of hydrogen-bond donors (Lipinski definition) is 0. The molecule has 0 aromatic rings. The molecule has 0 radical (unpaired) electrons. The van der Waals surface area contributed by atoms with E-state index in [-0.39, 0.29) is 5.92 Å². The van der Waals surface area contributed by atoms with Crippen LogP contribution < -0.4 is 0 Å². The Morgan fingerprint density at radius 3 is 1.82 bits per heavy atom. The molecule has 0 aliphatic heterocycles. The SMILES string of the molecule is C=C(CC/C=C(\C)CCC=C(C)C)CCC1C=C(CC/C=C(\C)CCC=C(C)C)CC(C(=O)OC)=C1C(=O)OC. The summed E-state index contributed by atoms with van der Waals surface area (Å²) in [5, 5.41) is 0. The van der Waals surface area contributed by atoms with Crippen LogP contribution in [0.1, 0.15) is 112 Å². The van der Waals surface area contributed by atoms with Crippen molar-refractivity contribution in [3.05, 3.63) is 81.5 Å². The summed E-state index contributed by atoms with van der Waals surface area (Å²) in [6.07, 6.45) is 21.2. The molecule has 40 heavy (non-hydrogen) atoms. The molecule has 4 heteroatoms. The number of hydrogen-bond acceptors (Lipinski definition) is 4. The number of carbonyl (C=O) groups excluding carboxylic acids is 2. The smallest absolute Gasteiger partial charge is 0.334 e. The predicted octanol–water partition coefficient (Wildman–Crippen LogP) is 9.86. The van der Waals surface area contributed by atoms with E-state index in [9.17, 15) is 9.59 Å². The molecule has 1 aliphatic rings. The van der Waals surface area contributed by atoms with Gasteiger partial charge in [-0.3, -0.25) is 0 Å². The Balaban J connectivity index is 2.92. The Kier molecular flexibility index (Phi) is 16.9. The largest absolute Gasteiger partial charge is 0.466 e. The van der Waals surface area contributed by atoms with Gasteiger partial charge in [0.1, 0.15) is 0 Å². The zero-order chi connectivity index (χ0) is 30.1. The lowest BCUT2D eigenvalue weighted by Crippen LogP contribution is -2.24. The van der Waals surface area contributed by atoms with E-state index in [1.165, 1.54) is 42.1 Å². The highest BCUT2D eigenvalue weighted by molar-refractivity contribution is 6.01. The molecule has 1 rings (SSSR count). The number of rotatable bonds is 17. The van der Waals surface area contributed by atoms with E-state index >= 15 is 0 Å². The van der Waals surface area contributed by atoms with E-state index in [0.29, 0.717) is 24.0 Å². The van der Waals surface area contributed by atoms with Gasteiger partial charge in [0.05, 0.1) is 25.4 Å². The Morgan fingerprint density at radius 2 is 1.30 bits per heavy atom. The highest BCUT2D eigenvalue weighted by Gasteiger charge is 2.32. The molecule has 0 amide bonds. The van der Waals surface area contributed by atoms with Crippen LogP contribution in [0, 0.1) is 5.92 Å². The van der Waals surface area contributed by atoms with Crippen LogP contribution in [-0.4, -0.2) is 26.2 Å². The van der Waals surface area contributed by atoms with E-state index < -0.39 is 11.9 Å². The number of ether oxygens (including phenoxy) is 2. The van der Waals surface area contributed by atoms with Crippen LogP contribution in [0.3, 0.4) is 0 Å². The summed E-state index contributed by atoms with van der Waals surface area (Å²) in [5.74, 6) is -1.08. The van der Waals surface area contributed by atoms with Crippen LogP contribution in [-0.2, 0) is 19.1 Å². The third kappa shape index (κ3) is 14.0. The first-order chi connectivity index (χ1) is 19.0. The van der Waals surface area contributed by atoms with Crippen LogP contribution >= 0.6 is 0 Å². The normalized spacial score (nSPS) is 15.8. The minimum Gasteiger partial charge on any atom is -0.466 e. The van der Waals surface area contributed by atoms with Crippen molar-refractivity contribution in [3.63, 3.8) is 0 Å². The van der Waals surface area contributed by atoms with Gasteiger partial charge >= 0.3 is 11.9 Å². The molecule has 0 aromatic carbocycles. The van der Waals surface area contributed by atoms with E-state index in [1.54, 1.807) is 0 Å². The van der Waals surface area contributed by atoms with Gasteiger partial charge in [-0.1, -0.05) is 70.4 Å². The molecular formula is C36H54O4. The molecule has 1 atom stereocenters. The number of allylic oxidation sites excluding steroid dienone is 11. The van der Waals surface area contributed by atoms with Gasteiger partial charge in [0.15, 0.2) is 0 Å². The quantitative estimate of drug-likeness (QED) is 0.134. The van der Waals surface area contributed by atoms with Crippen LogP contribution in [0.15, 0.2) is 81.5 Å². The minimum absolute atomic E-state index is 0.189. The van der Waals surface area contributed by atoms with Crippen molar-refractivity contribution in [2.75, 3.05) is 14.2 Å². The summed E-state index contributed by atoms with van der Waals surface area (Å²) in [6, 6.07) is 0. The van der Waals surface area contributed by atoms with Gasteiger partial charge in [0, 0.05) is 12.3 Å². The molecule has 4 nitrogen and oxygen atoms in total. The third-order valence-corrected chi connectivity index (χ3v) is 7.31. The van der Waals surface area contributed by atoms with Crippen LogP contribution in [0.2, 0.25) is 0 Å². The monoisotopic (exact) mass is 550 g/mol. The van der Waals surface area contributed by atoms with E-state index in [2.05, 4.69) is 78.5 Å². The highest BCUT2D eigenvalue weighted by atomic mass is 16.5. The zero-order valence-corrected chi connectivity index (χ0v) is 26.6. The topological polar surface area (TPSA) is 52.6 Å². The first-order valence-corrected chi connectivity index (χ1v) is 14.8. The third-order valence-electron chi connectivity index (χ3n) is 7.31. The van der Waals surface area contributed by atoms with Gasteiger partial charge < -0.3 is 9.47 Å². The fourth-order valence-corrected chi connectivity index (χ4v) is 4.95. The van der Waals surface area contributed by atoms with Gasteiger partial charge in [0.25, 0.3) is 0 Å². The summed E-state index contributed by atoms with van der Waals surface area (Å²) in [5.41, 5.74) is 8.69. The van der Waals surface area contributed by atoms with Gasteiger partial charge in [-0.15, -0.1) is 0 Å². The van der Waals surface area contributed by atoms with Gasteiger partial charge in [-0.25, -0.2) is 9.59 Å². The second-order valence-electron chi connectivity index (χ2n) is 11.6. The Bertz CT molecular complexity index is 1050. The van der Waals surface area contributed by atoms with Crippen LogP contribution in [0.4, 0.5) is 0 Å². The second kappa shape index (κ2) is 19.2. The maximum Gasteiger partial charge on any atom is 0.334 e. The fourth-order valence-electron chi connectivity index (χ4n) is 4.95. The van der Waals surface area contributed by atoms with Crippen molar-refractivity contribution in [1.82, 2.24) is 0 Å². The van der Waals surface area contributed by atoms with Gasteiger partial charge in [-0.05, 0) is 106 Å². The summed E-state index contributed by atoms with van der Waals surface area (Å²) in [7, 11) is 2.74. The summed E-state index contributed by atoms with van der Waals surface area (Å²) >= 11 is 0.